The van der Waals surface area contributed by atoms with Gasteiger partial charge in [0.05, 0.1) is 12.5 Å². The third-order valence-electron chi connectivity index (χ3n) is 2.98. The van der Waals surface area contributed by atoms with Crippen molar-refractivity contribution < 1.29 is 9.53 Å². The van der Waals surface area contributed by atoms with Crippen molar-refractivity contribution >= 4 is 23.2 Å². The molecule has 1 aliphatic rings. The van der Waals surface area contributed by atoms with Crippen molar-refractivity contribution in [1.82, 2.24) is 0 Å². The highest BCUT2D eigenvalue weighted by Crippen LogP contribution is 2.23. The van der Waals surface area contributed by atoms with Crippen molar-refractivity contribution in [2.24, 2.45) is 0 Å². The summed E-state index contributed by atoms with van der Waals surface area (Å²) >= 11 is 5.99. The molecule has 1 fully saturated rings. The van der Waals surface area contributed by atoms with Gasteiger partial charge in [0.2, 0.25) is 5.91 Å². The van der Waals surface area contributed by atoms with Gasteiger partial charge in [0.25, 0.3) is 0 Å². The van der Waals surface area contributed by atoms with E-state index in [-0.39, 0.29) is 12.0 Å². The number of halogens is 1. The molecule has 1 aliphatic heterocycles. The van der Waals surface area contributed by atoms with Crippen LogP contribution < -0.4 is 5.32 Å². The highest BCUT2D eigenvalue weighted by molar-refractivity contribution is 6.31. The van der Waals surface area contributed by atoms with Crippen molar-refractivity contribution in [2.75, 3.05) is 11.9 Å². The first kappa shape index (κ1) is 12.4. The molecule has 1 unspecified atom stereocenters. The smallest absolute Gasteiger partial charge is 0.226 e. The van der Waals surface area contributed by atoms with Crippen LogP contribution in [0.3, 0.4) is 0 Å². The number of hydrogen-bond donors (Lipinski definition) is 1. The van der Waals surface area contributed by atoms with Crippen LogP contribution in [0.25, 0.3) is 0 Å². The first-order valence-electron chi connectivity index (χ1n) is 5.83. The molecule has 1 aromatic rings. The average Bonchev–Trinajstić information content (AvgIpc) is 2.77. The lowest BCUT2D eigenvalue weighted by molar-refractivity contribution is -0.118. The Morgan fingerprint density at radius 3 is 3.12 bits per heavy atom. The van der Waals surface area contributed by atoms with E-state index in [0.717, 1.165) is 30.7 Å². The third-order valence-corrected chi connectivity index (χ3v) is 3.39. The largest absolute Gasteiger partial charge is 0.378 e. The van der Waals surface area contributed by atoms with Gasteiger partial charge in [-0.05, 0) is 37.5 Å². The van der Waals surface area contributed by atoms with Crippen LogP contribution in [0.5, 0.6) is 0 Å². The molecule has 0 aliphatic carbocycles. The van der Waals surface area contributed by atoms with E-state index in [0.29, 0.717) is 11.4 Å². The van der Waals surface area contributed by atoms with Gasteiger partial charge in [0, 0.05) is 17.3 Å². The minimum atomic E-state index is -0.0118. The number of benzene rings is 1. The molecule has 1 aromatic carbocycles. The lowest BCUT2D eigenvalue weighted by atomic mass is 10.1. The first-order valence-corrected chi connectivity index (χ1v) is 6.21. The zero-order valence-electron chi connectivity index (χ0n) is 9.83. The van der Waals surface area contributed by atoms with Crippen molar-refractivity contribution in [3.63, 3.8) is 0 Å². The van der Waals surface area contributed by atoms with Gasteiger partial charge in [-0.1, -0.05) is 17.7 Å². The summed E-state index contributed by atoms with van der Waals surface area (Å²) in [6, 6.07) is 5.50. The van der Waals surface area contributed by atoms with Crippen LogP contribution in [-0.4, -0.2) is 18.6 Å². The van der Waals surface area contributed by atoms with Gasteiger partial charge in [-0.3, -0.25) is 4.79 Å². The SMILES string of the molecule is Cc1c(Cl)cccc1NC(=O)CC1CCCO1. The average molecular weight is 254 g/mol. The molecule has 2 rings (SSSR count). The number of rotatable bonds is 3. The second-order valence-corrected chi connectivity index (χ2v) is 4.71. The molecule has 92 valence electrons. The molecular formula is C13H16ClNO2. The molecule has 1 heterocycles. The molecule has 3 nitrogen and oxygen atoms in total. The predicted octanol–water partition coefficient (Wildman–Crippen LogP) is 3.16. The van der Waals surface area contributed by atoms with Crippen LogP contribution in [0.2, 0.25) is 5.02 Å². The monoisotopic (exact) mass is 253 g/mol. The summed E-state index contributed by atoms with van der Waals surface area (Å²) in [6.07, 6.45) is 2.52. The van der Waals surface area contributed by atoms with Crippen molar-refractivity contribution in [2.45, 2.75) is 32.3 Å². The number of anilines is 1. The van der Waals surface area contributed by atoms with E-state index in [1.54, 1.807) is 0 Å². The minimum absolute atomic E-state index is 0.0118. The summed E-state index contributed by atoms with van der Waals surface area (Å²) in [4.78, 5) is 11.8. The molecular weight excluding hydrogens is 238 g/mol. The van der Waals surface area contributed by atoms with E-state index < -0.39 is 0 Å². The normalized spacial score (nSPS) is 19.3. The molecule has 0 spiro atoms. The lowest BCUT2D eigenvalue weighted by Crippen LogP contribution is -2.19. The predicted molar refractivity (Wildman–Crippen MR) is 68.4 cm³/mol. The summed E-state index contributed by atoms with van der Waals surface area (Å²) in [5.74, 6) is -0.0118. The topological polar surface area (TPSA) is 38.3 Å². The minimum Gasteiger partial charge on any atom is -0.378 e. The number of ether oxygens (including phenoxy) is 1. The van der Waals surface area contributed by atoms with Crippen molar-refractivity contribution in [1.29, 1.82) is 0 Å². The van der Waals surface area contributed by atoms with Gasteiger partial charge in [0.1, 0.15) is 0 Å². The standard InChI is InChI=1S/C13H16ClNO2/c1-9-11(14)5-2-6-12(9)15-13(16)8-10-4-3-7-17-10/h2,5-6,10H,3-4,7-8H2,1H3,(H,15,16). The van der Waals surface area contributed by atoms with Crippen molar-refractivity contribution in [3.8, 4) is 0 Å². The molecule has 0 saturated carbocycles. The summed E-state index contributed by atoms with van der Waals surface area (Å²) in [5.41, 5.74) is 1.68. The third kappa shape index (κ3) is 3.20. The number of amides is 1. The Morgan fingerprint density at radius 1 is 1.59 bits per heavy atom. The van der Waals surface area contributed by atoms with E-state index in [1.807, 2.05) is 25.1 Å². The van der Waals surface area contributed by atoms with E-state index in [9.17, 15) is 4.79 Å². The highest BCUT2D eigenvalue weighted by atomic mass is 35.5. The van der Waals surface area contributed by atoms with Crippen LogP contribution in [0.1, 0.15) is 24.8 Å². The maximum absolute atomic E-state index is 11.8. The number of nitrogens with one attached hydrogen (secondary N) is 1. The van der Waals surface area contributed by atoms with E-state index in [2.05, 4.69) is 5.32 Å². The Hall–Kier alpha value is -1.06. The van der Waals surface area contributed by atoms with Gasteiger partial charge < -0.3 is 10.1 Å². The quantitative estimate of drug-likeness (QED) is 0.899. The summed E-state index contributed by atoms with van der Waals surface area (Å²) in [7, 11) is 0. The molecule has 17 heavy (non-hydrogen) atoms. The zero-order chi connectivity index (χ0) is 12.3. The Kier molecular flexibility index (Phi) is 4.02. The highest BCUT2D eigenvalue weighted by Gasteiger charge is 2.19. The Labute approximate surface area is 106 Å². The Bertz CT molecular complexity index is 414. The van der Waals surface area contributed by atoms with Gasteiger partial charge in [-0.15, -0.1) is 0 Å². The molecule has 0 radical (unpaired) electrons. The Balaban J connectivity index is 1.95. The second kappa shape index (κ2) is 5.52. The van der Waals surface area contributed by atoms with E-state index >= 15 is 0 Å². The Morgan fingerprint density at radius 2 is 2.41 bits per heavy atom. The van der Waals surface area contributed by atoms with Crippen LogP contribution in [0, 0.1) is 6.92 Å². The van der Waals surface area contributed by atoms with Crippen molar-refractivity contribution in [3.05, 3.63) is 28.8 Å². The van der Waals surface area contributed by atoms with Crippen LogP contribution in [-0.2, 0) is 9.53 Å². The van der Waals surface area contributed by atoms with Gasteiger partial charge in [-0.2, -0.15) is 0 Å². The van der Waals surface area contributed by atoms with E-state index in [4.69, 9.17) is 16.3 Å². The van der Waals surface area contributed by atoms with E-state index in [1.165, 1.54) is 0 Å². The van der Waals surface area contributed by atoms with Crippen LogP contribution in [0.15, 0.2) is 18.2 Å². The molecule has 4 heteroatoms. The summed E-state index contributed by atoms with van der Waals surface area (Å²) in [5, 5.41) is 3.54. The maximum Gasteiger partial charge on any atom is 0.226 e. The number of carbonyl (C=O) groups excluding carboxylic acids is 1. The van der Waals surface area contributed by atoms with Crippen LogP contribution in [0.4, 0.5) is 5.69 Å². The second-order valence-electron chi connectivity index (χ2n) is 4.30. The first-order chi connectivity index (χ1) is 8.16. The zero-order valence-corrected chi connectivity index (χ0v) is 10.6. The summed E-state index contributed by atoms with van der Waals surface area (Å²) < 4.78 is 5.43. The number of hydrogen-bond acceptors (Lipinski definition) is 2. The molecule has 0 aromatic heterocycles. The number of carbonyl (C=O) groups is 1. The lowest BCUT2D eigenvalue weighted by Gasteiger charge is -2.12. The molecule has 1 saturated heterocycles. The van der Waals surface area contributed by atoms with Gasteiger partial charge in [-0.25, -0.2) is 0 Å². The van der Waals surface area contributed by atoms with Gasteiger partial charge >= 0.3 is 0 Å². The molecule has 1 amide bonds. The fourth-order valence-electron chi connectivity index (χ4n) is 1.96. The molecule has 0 bridgehead atoms. The van der Waals surface area contributed by atoms with Gasteiger partial charge in [0.15, 0.2) is 0 Å². The fraction of sp³-hybridized carbons (Fsp3) is 0.462. The summed E-state index contributed by atoms with van der Waals surface area (Å²) in [6.45, 7) is 2.66. The fourth-order valence-corrected chi connectivity index (χ4v) is 2.13. The molecule has 1 N–H and O–H groups in total. The maximum atomic E-state index is 11.8. The van der Waals surface area contributed by atoms with Crippen LogP contribution >= 0.6 is 11.6 Å². The molecule has 1 atom stereocenters.